The molecular weight excluding hydrogens is 266 g/mol. The van der Waals surface area contributed by atoms with E-state index < -0.39 is 0 Å². The van der Waals surface area contributed by atoms with Gasteiger partial charge in [-0.05, 0) is 63.3 Å². The third kappa shape index (κ3) is 5.38. The smallest absolute Gasteiger partial charge is 0.305 e. The van der Waals surface area contributed by atoms with E-state index in [0.29, 0.717) is 19.6 Å². The first-order valence-corrected chi connectivity index (χ1v) is 7.64. The summed E-state index contributed by atoms with van der Waals surface area (Å²) >= 11 is 0. The second-order valence-electron chi connectivity index (χ2n) is 5.21. The molecule has 1 unspecified atom stereocenters. The largest absolute Gasteiger partial charge is 0.494 e. The molecule has 1 aromatic carbocycles. The predicted octanol–water partition coefficient (Wildman–Crippen LogP) is 3.44. The Labute approximate surface area is 127 Å². The Bertz CT molecular complexity index is 471. The topological polar surface area (TPSA) is 61.5 Å². The first-order chi connectivity index (χ1) is 9.99. The van der Waals surface area contributed by atoms with E-state index in [1.165, 1.54) is 0 Å². The molecule has 0 aliphatic heterocycles. The van der Waals surface area contributed by atoms with Crippen LogP contribution in [0.3, 0.4) is 0 Å². The Morgan fingerprint density at radius 2 is 1.90 bits per heavy atom. The lowest BCUT2D eigenvalue weighted by molar-refractivity contribution is -0.143. The van der Waals surface area contributed by atoms with Crippen LogP contribution in [0.1, 0.15) is 55.8 Å². The normalized spacial score (nSPS) is 12.0. The van der Waals surface area contributed by atoms with Gasteiger partial charge in [0.15, 0.2) is 0 Å². The number of hydrogen-bond acceptors (Lipinski definition) is 4. The summed E-state index contributed by atoms with van der Waals surface area (Å²) in [5.74, 6) is 0.766. The molecule has 1 aromatic rings. The van der Waals surface area contributed by atoms with E-state index in [1.54, 1.807) is 0 Å². The number of rotatable bonds is 8. The number of hydrogen-bond donors (Lipinski definition) is 1. The Hall–Kier alpha value is -1.55. The van der Waals surface area contributed by atoms with Crippen molar-refractivity contribution >= 4 is 5.97 Å². The van der Waals surface area contributed by atoms with Gasteiger partial charge in [-0.3, -0.25) is 4.79 Å². The van der Waals surface area contributed by atoms with Crippen molar-refractivity contribution in [3.63, 3.8) is 0 Å². The molecule has 118 valence electrons. The van der Waals surface area contributed by atoms with Crippen molar-refractivity contribution in [1.82, 2.24) is 0 Å². The van der Waals surface area contributed by atoms with Gasteiger partial charge in [-0.15, -0.1) is 0 Å². The highest BCUT2D eigenvalue weighted by molar-refractivity contribution is 5.69. The van der Waals surface area contributed by atoms with Crippen molar-refractivity contribution in [1.29, 1.82) is 0 Å². The highest BCUT2D eigenvalue weighted by Crippen LogP contribution is 2.28. The van der Waals surface area contributed by atoms with Crippen molar-refractivity contribution in [3.8, 4) is 5.75 Å². The van der Waals surface area contributed by atoms with Gasteiger partial charge >= 0.3 is 5.97 Å². The van der Waals surface area contributed by atoms with Gasteiger partial charge in [-0.25, -0.2) is 0 Å². The number of esters is 1. The summed E-state index contributed by atoms with van der Waals surface area (Å²) in [5.41, 5.74) is 9.61. The zero-order chi connectivity index (χ0) is 15.8. The van der Waals surface area contributed by atoms with E-state index in [-0.39, 0.29) is 12.0 Å². The van der Waals surface area contributed by atoms with E-state index in [4.69, 9.17) is 15.2 Å². The molecule has 0 aliphatic carbocycles. The van der Waals surface area contributed by atoms with Gasteiger partial charge in [0.25, 0.3) is 0 Å². The zero-order valence-electron chi connectivity index (χ0n) is 13.6. The van der Waals surface area contributed by atoms with Crippen molar-refractivity contribution < 1.29 is 14.3 Å². The van der Waals surface area contributed by atoms with E-state index >= 15 is 0 Å². The molecule has 0 spiro atoms. The van der Waals surface area contributed by atoms with Crippen molar-refractivity contribution in [2.75, 3.05) is 13.2 Å². The molecule has 1 rings (SSSR count). The van der Waals surface area contributed by atoms with Gasteiger partial charge in [0, 0.05) is 12.5 Å². The maximum absolute atomic E-state index is 11.3. The maximum atomic E-state index is 11.3. The molecule has 0 radical (unpaired) electrons. The summed E-state index contributed by atoms with van der Waals surface area (Å²) in [4.78, 5) is 11.3. The van der Waals surface area contributed by atoms with Crippen LogP contribution in [-0.2, 0) is 9.53 Å². The molecule has 0 saturated heterocycles. The summed E-state index contributed by atoms with van der Waals surface area (Å²) in [7, 11) is 0. The van der Waals surface area contributed by atoms with Crippen LogP contribution >= 0.6 is 0 Å². The molecule has 21 heavy (non-hydrogen) atoms. The van der Waals surface area contributed by atoms with Crippen molar-refractivity contribution in [3.05, 3.63) is 28.8 Å². The Morgan fingerprint density at radius 1 is 1.19 bits per heavy atom. The van der Waals surface area contributed by atoms with Crippen LogP contribution in [0.25, 0.3) is 0 Å². The summed E-state index contributed by atoms with van der Waals surface area (Å²) in [6.07, 6.45) is 1.94. The van der Waals surface area contributed by atoms with E-state index in [9.17, 15) is 4.79 Å². The van der Waals surface area contributed by atoms with E-state index in [2.05, 4.69) is 6.07 Å². The Morgan fingerprint density at radius 3 is 2.52 bits per heavy atom. The molecule has 2 N–H and O–H groups in total. The first-order valence-electron chi connectivity index (χ1n) is 7.64. The molecule has 1 atom stereocenters. The second kappa shape index (κ2) is 8.67. The molecule has 0 aliphatic rings. The predicted molar refractivity (Wildman–Crippen MR) is 84.5 cm³/mol. The van der Waals surface area contributed by atoms with Crippen LogP contribution in [0.4, 0.5) is 0 Å². The van der Waals surface area contributed by atoms with Crippen LogP contribution in [0.15, 0.2) is 12.1 Å². The van der Waals surface area contributed by atoms with Crippen LogP contribution in [0, 0.1) is 13.8 Å². The number of ether oxygens (including phenoxy) is 2. The minimum absolute atomic E-state index is 0.0613. The molecule has 4 nitrogen and oxygen atoms in total. The van der Waals surface area contributed by atoms with Gasteiger partial charge in [-0.2, -0.15) is 0 Å². The molecule has 0 fully saturated rings. The summed E-state index contributed by atoms with van der Waals surface area (Å²) in [6.45, 7) is 8.95. The number of aryl methyl sites for hydroxylation is 2. The third-order valence-electron chi connectivity index (χ3n) is 3.46. The minimum Gasteiger partial charge on any atom is -0.494 e. The van der Waals surface area contributed by atoms with Crippen molar-refractivity contribution in [2.45, 2.75) is 53.0 Å². The molecule has 0 amide bonds. The number of benzene rings is 1. The number of nitrogens with two attached hydrogens (primary N) is 1. The summed E-state index contributed by atoms with van der Waals surface area (Å²) < 4.78 is 10.5. The third-order valence-corrected chi connectivity index (χ3v) is 3.46. The quantitative estimate of drug-likeness (QED) is 0.746. The monoisotopic (exact) mass is 293 g/mol. The fourth-order valence-electron chi connectivity index (χ4n) is 2.38. The fourth-order valence-corrected chi connectivity index (χ4v) is 2.38. The molecule has 4 heteroatoms. The molecular formula is C17H27NO3. The van der Waals surface area contributed by atoms with Crippen LogP contribution < -0.4 is 10.5 Å². The second-order valence-corrected chi connectivity index (χ2v) is 5.21. The van der Waals surface area contributed by atoms with Crippen LogP contribution in [0.5, 0.6) is 5.75 Å². The standard InChI is InChI=1S/C17H27NO3/c1-5-20-16-11-12(3)14(10-13(16)4)15(18)8-7-9-17(19)21-6-2/h10-11,15H,5-9,18H2,1-4H3. The lowest BCUT2D eigenvalue weighted by Crippen LogP contribution is -2.13. The summed E-state index contributed by atoms with van der Waals surface area (Å²) in [5, 5.41) is 0. The zero-order valence-corrected chi connectivity index (χ0v) is 13.6. The minimum atomic E-state index is -0.149. The number of carbonyl (C=O) groups is 1. The number of carbonyl (C=O) groups excluding carboxylic acids is 1. The SMILES string of the molecule is CCOC(=O)CCCC(N)c1cc(C)c(OCC)cc1C. The first kappa shape index (κ1) is 17.5. The molecule has 0 saturated carbocycles. The average Bonchev–Trinajstić information content (AvgIpc) is 2.43. The molecule has 0 heterocycles. The van der Waals surface area contributed by atoms with Crippen LogP contribution in [-0.4, -0.2) is 19.2 Å². The van der Waals surface area contributed by atoms with Gasteiger partial charge < -0.3 is 15.2 Å². The molecule has 0 bridgehead atoms. The molecule has 0 aromatic heterocycles. The lowest BCUT2D eigenvalue weighted by atomic mass is 9.95. The van der Waals surface area contributed by atoms with Crippen LogP contribution in [0.2, 0.25) is 0 Å². The highest BCUT2D eigenvalue weighted by Gasteiger charge is 2.13. The van der Waals surface area contributed by atoms with Gasteiger partial charge in [0.2, 0.25) is 0 Å². The Kier molecular flexibility index (Phi) is 7.23. The maximum Gasteiger partial charge on any atom is 0.305 e. The lowest BCUT2D eigenvalue weighted by Gasteiger charge is -2.17. The average molecular weight is 293 g/mol. The van der Waals surface area contributed by atoms with Gasteiger partial charge in [-0.1, -0.05) is 6.07 Å². The fraction of sp³-hybridized carbons (Fsp3) is 0.588. The van der Waals surface area contributed by atoms with Gasteiger partial charge in [0.1, 0.15) is 5.75 Å². The van der Waals surface area contributed by atoms with Crippen molar-refractivity contribution in [2.24, 2.45) is 5.73 Å². The summed E-state index contributed by atoms with van der Waals surface area (Å²) in [6, 6.07) is 4.07. The van der Waals surface area contributed by atoms with Gasteiger partial charge in [0.05, 0.1) is 13.2 Å². The highest BCUT2D eigenvalue weighted by atomic mass is 16.5. The van der Waals surface area contributed by atoms with E-state index in [1.807, 2.05) is 33.8 Å². The van der Waals surface area contributed by atoms with E-state index in [0.717, 1.165) is 35.3 Å². The Balaban J connectivity index is 2.63.